The summed E-state index contributed by atoms with van der Waals surface area (Å²) >= 11 is 9.53. The zero-order valence-corrected chi connectivity index (χ0v) is 4.89. The molecule has 0 aliphatic heterocycles. The first-order chi connectivity index (χ1) is 2.83. The van der Waals surface area contributed by atoms with Gasteiger partial charge in [0.05, 0.1) is 5.34 Å². The summed E-state index contributed by atoms with van der Waals surface area (Å²) in [4.78, 5) is 0. The molecule has 0 rings (SSSR count). The van der Waals surface area contributed by atoms with Crippen molar-refractivity contribution in [2.45, 2.75) is 0 Å². The third-order valence-electron chi connectivity index (χ3n) is 0. The van der Waals surface area contributed by atoms with Gasteiger partial charge in [-0.1, -0.05) is 13.2 Å². The molecule has 0 N–H and O–H groups in total. The summed E-state index contributed by atoms with van der Waals surface area (Å²) in [7, 11) is 0. The second-order valence-electron chi connectivity index (χ2n) is 0.351. The molecular formula is C4H6Cl2. The molecule has 0 unspecified atom stereocenters. The minimum atomic E-state index is 0.194. The van der Waals surface area contributed by atoms with Gasteiger partial charge in [0.15, 0.2) is 0 Å². The van der Waals surface area contributed by atoms with Crippen LogP contribution in [0.1, 0.15) is 0 Å². The van der Waals surface area contributed by atoms with Gasteiger partial charge in [-0.2, -0.15) is 0 Å². The maximum absolute atomic E-state index is 4.76. The van der Waals surface area contributed by atoms with Gasteiger partial charge in [-0.05, 0) is 0 Å². The molecule has 0 aliphatic rings. The summed E-state index contributed by atoms with van der Waals surface area (Å²) in [5.74, 6) is 0. The standard InChI is InChI=1S/C3H4.CH2Cl2/c1-3-2;2-1-3/h1-2H2;1H2. The van der Waals surface area contributed by atoms with Crippen molar-refractivity contribution in [3.05, 3.63) is 18.9 Å². The van der Waals surface area contributed by atoms with Gasteiger partial charge in [0.2, 0.25) is 0 Å². The Labute approximate surface area is 48.1 Å². The van der Waals surface area contributed by atoms with Crippen LogP contribution >= 0.6 is 23.2 Å². The van der Waals surface area contributed by atoms with Crippen LogP contribution in [0.25, 0.3) is 0 Å². The number of halogens is 2. The molecule has 0 amide bonds. The van der Waals surface area contributed by atoms with E-state index in [0.29, 0.717) is 0 Å². The minimum Gasteiger partial charge on any atom is -0.137 e. The summed E-state index contributed by atoms with van der Waals surface area (Å²) < 4.78 is 0. The Morgan fingerprint density at radius 3 is 1.33 bits per heavy atom. The first kappa shape index (κ1) is 9.44. The van der Waals surface area contributed by atoms with E-state index in [1.165, 1.54) is 0 Å². The summed E-state index contributed by atoms with van der Waals surface area (Å²) in [5.41, 5.74) is 2.25. The van der Waals surface area contributed by atoms with Crippen LogP contribution in [0.5, 0.6) is 0 Å². The lowest BCUT2D eigenvalue weighted by Gasteiger charge is -1.42. The average molecular weight is 125 g/mol. The average Bonchev–Trinajstić information content (AvgIpc) is 1.39. The van der Waals surface area contributed by atoms with E-state index in [4.69, 9.17) is 23.2 Å². The van der Waals surface area contributed by atoms with Crippen LogP contribution < -0.4 is 0 Å². The van der Waals surface area contributed by atoms with Crippen LogP contribution in [-0.4, -0.2) is 5.34 Å². The Morgan fingerprint density at radius 1 is 1.33 bits per heavy atom. The van der Waals surface area contributed by atoms with E-state index >= 15 is 0 Å². The molecule has 0 saturated carbocycles. The third-order valence-corrected chi connectivity index (χ3v) is 0. The van der Waals surface area contributed by atoms with Gasteiger partial charge >= 0.3 is 0 Å². The van der Waals surface area contributed by atoms with Crippen LogP contribution in [-0.2, 0) is 0 Å². The van der Waals surface area contributed by atoms with Crippen molar-refractivity contribution >= 4 is 23.2 Å². The second kappa shape index (κ2) is 19.4. The van der Waals surface area contributed by atoms with Crippen LogP contribution in [0.15, 0.2) is 18.9 Å². The second-order valence-corrected chi connectivity index (χ2v) is 1.16. The number of hydrogen-bond donors (Lipinski definition) is 0. The maximum atomic E-state index is 4.76. The molecule has 0 heterocycles. The molecule has 0 aliphatic carbocycles. The van der Waals surface area contributed by atoms with Gasteiger partial charge in [0, 0.05) is 0 Å². The fourth-order valence-electron chi connectivity index (χ4n) is 0. The molecule has 0 fully saturated rings. The van der Waals surface area contributed by atoms with Crippen LogP contribution in [0.2, 0.25) is 0 Å². The van der Waals surface area contributed by atoms with Gasteiger partial charge < -0.3 is 0 Å². The fraction of sp³-hybridized carbons (Fsp3) is 0.250. The molecule has 0 saturated heterocycles. The van der Waals surface area contributed by atoms with E-state index in [0.717, 1.165) is 0 Å². The highest BCUT2D eigenvalue weighted by Crippen LogP contribution is 1.73. The van der Waals surface area contributed by atoms with E-state index in [1.54, 1.807) is 0 Å². The molecule has 2 heteroatoms. The molecule has 0 spiro atoms. The van der Waals surface area contributed by atoms with Gasteiger partial charge in [0.1, 0.15) is 0 Å². The zero-order valence-electron chi connectivity index (χ0n) is 3.38. The summed E-state index contributed by atoms with van der Waals surface area (Å²) in [6, 6.07) is 0. The molecule has 0 aromatic heterocycles. The molecule has 0 atom stereocenters. The fourth-order valence-corrected chi connectivity index (χ4v) is 0. The Kier molecular flexibility index (Phi) is 30.6. The maximum Gasteiger partial charge on any atom is 0.0967 e. The van der Waals surface area contributed by atoms with E-state index < -0.39 is 0 Å². The Bertz CT molecular complexity index is 34.8. The van der Waals surface area contributed by atoms with Crippen molar-refractivity contribution in [2.24, 2.45) is 0 Å². The van der Waals surface area contributed by atoms with Crippen LogP contribution in [0.4, 0.5) is 0 Å². The van der Waals surface area contributed by atoms with E-state index in [-0.39, 0.29) is 5.34 Å². The molecule has 36 valence electrons. The predicted octanol–water partition coefficient (Wildman–Crippen LogP) is 2.38. The SMILES string of the molecule is C=C=C.ClCCl. The van der Waals surface area contributed by atoms with Gasteiger partial charge in [0.25, 0.3) is 0 Å². The summed E-state index contributed by atoms with van der Waals surface area (Å²) in [6.07, 6.45) is 0. The highest BCUT2D eigenvalue weighted by atomic mass is 35.5. The van der Waals surface area contributed by atoms with Crippen molar-refractivity contribution in [3.63, 3.8) is 0 Å². The highest BCUT2D eigenvalue weighted by Gasteiger charge is 1.41. The first-order valence-electron chi connectivity index (χ1n) is 1.24. The van der Waals surface area contributed by atoms with Crippen LogP contribution in [0, 0.1) is 0 Å². The van der Waals surface area contributed by atoms with Crippen molar-refractivity contribution in [3.8, 4) is 0 Å². The first-order valence-corrected chi connectivity index (χ1v) is 2.31. The molecule has 6 heavy (non-hydrogen) atoms. The van der Waals surface area contributed by atoms with E-state index in [2.05, 4.69) is 18.9 Å². The van der Waals surface area contributed by atoms with E-state index in [1.807, 2.05) is 0 Å². The molecule has 0 aromatic carbocycles. The lowest BCUT2D eigenvalue weighted by atomic mass is 11.0. The highest BCUT2D eigenvalue weighted by molar-refractivity contribution is 6.40. The van der Waals surface area contributed by atoms with Crippen LogP contribution in [0.3, 0.4) is 0 Å². The monoisotopic (exact) mass is 124 g/mol. The zero-order chi connectivity index (χ0) is 5.41. The van der Waals surface area contributed by atoms with Crippen molar-refractivity contribution < 1.29 is 0 Å². The Balaban J connectivity index is 0. The lowest BCUT2D eigenvalue weighted by Crippen LogP contribution is -1.24. The molecule has 0 bridgehead atoms. The topological polar surface area (TPSA) is 0 Å². The minimum absolute atomic E-state index is 0.194. The van der Waals surface area contributed by atoms with E-state index in [9.17, 15) is 0 Å². The lowest BCUT2D eigenvalue weighted by molar-refractivity contribution is 2.20. The quantitative estimate of drug-likeness (QED) is 0.344. The van der Waals surface area contributed by atoms with Gasteiger partial charge in [-0.25, -0.2) is 0 Å². The predicted molar refractivity (Wildman–Crippen MR) is 31.3 cm³/mol. The van der Waals surface area contributed by atoms with Crippen molar-refractivity contribution in [1.29, 1.82) is 0 Å². The number of hydrogen-bond acceptors (Lipinski definition) is 0. The number of rotatable bonds is 0. The van der Waals surface area contributed by atoms with Gasteiger partial charge in [-0.15, -0.1) is 28.9 Å². The molecule has 0 nitrogen and oxygen atoms in total. The largest absolute Gasteiger partial charge is 0.137 e. The van der Waals surface area contributed by atoms with Gasteiger partial charge in [-0.3, -0.25) is 0 Å². The summed E-state index contributed by atoms with van der Waals surface area (Å²) in [5, 5.41) is 0.194. The molecule has 0 aromatic rings. The Morgan fingerprint density at radius 2 is 1.33 bits per heavy atom. The Hall–Kier alpha value is 0.100. The molecule has 0 radical (unpaired) electrons. The third kappa shape index (κ3) is 3940. The van der Waals surface area contributed by atoms with Crippen molar-refractivity contribution in [1.82, 2.24) is 0 Å². The number of alkyl halides is 2. The smallest absolute Gasteiger partial charge is 0.0967 e. The normalized spacial score (nSPS) is 4.33. The molecular weight excluding hydrogens is 119 g/mol. The van der Waals surface area contributed by atoms with Crippen molar-refractivity contribution in [2.75, 3.05) is 5.34 Å². The summed E-state index contributed by atoms with van der Waals surface area (Å²) in [6.45, 7) is 6.25.